The van der Waals surface area contributed by atoms with Gasteiger partial charge in [-0.2, -0.15) is 5.26 Å². The van der Waals surface area contributed by atoms with E-state index in [0.29, 0.717) is 36.1 Å². The van der Waals surface area contributed by atoms with Crippen molar-refractivity contribution in [2.45, 2.75) is 33.4 Å². The summed E-state index contributed by atoms with van der Waals surface area (Å²) in [5.74, 6) is 0.567. The average Bonchev–Trinajstić information content (AvgIpc) is 2.37. The topological polar surface area (TPSA) is 61.2 Å². The van der Waals surface area contributed by atoms with Crippen LogP contribution in [0.1, 0.15) is 38.8 Å². The summed E-state index contributed by atoms with van der Waals surface area (Å²) in [5.41, 5.74) is 1.25. The van der Waals surface area contributed by atoms with Crippen LogP contribution in [-0.4, -0.2) is 25.8 Å². The lowest BCUT2D eigenvalue weighted by molar-refractivity contribution is 0.333. The molecule has 0 heterocycles. The van der Waals surface area contributed by atoms with Crippen molar-refractivity contribution in [1.29, 1.82) is 5.26 Å². The summed E-state index contributed by atoms with van der Waals surface area (Å²) in [4.78, 5) is 0. The Morgan fingerprint density at radius 1 is 1.05 bits per heavy atom. The van der Waals surface area contributed by atoms with Crippen LogP contribution in [0, 0.1) is 23.2 Å². The molecule has 0 aliphatic heterocycles. The quantitative estimate of drug-likeness (QED) is 0.778. The van der Waals surface area contributed by atoms with Crippen molar-refractivity contribution >= 4 is 10.0 Å². The molecule has 116 valence electrons. The van der Waals surface area contributed by atoms with Gasteiger partial charge in [0.2, 0.25) is 10.0 Å². The summed E-state index contributed by atoms with van der Waals surface area (Å²) in [6, 6.07) is 8.75. The molecular formula is C16H24N2O2S. The van der Waals surface area contributed by atoms with Crippen LogP contribution >= 0.6 is 0 Å². The van der Waals surface area contributed by atoms with Gasteiger partial charge in [-0.25, -0.2) is 12.7 Å². The number of benzene rings is 1. The zero-order valence-electron chi connectivity index (χ0n) is 13.2. The van der Waals surface area contributed by atoms with Gasteiger partial charge in [-0.1, -0.05) is 39.8 Å². The summed E-state index contributed by atoms with van der Waals surface area (Å²) < 4.78 is 26.8. The van der Waals surface area contributed by atoms with Gasteiger partial charge in [0.1, 0.15) is 0 Å². The monoisotopic (exact) mass is 308 g/mol. The molecule has 5 heteroatoms. The first-order valence-electron chi connectivity index (χ1n) is 7.21. The lowest BCUT2D eigenvalue weighted by atomic mass is 10.2. The van der Waals surface area contributed by atoms with Gasteiger partial charge in [0.15, 0.2) is 0 Å². The Kier molecular flexibility index (Phi) is 6.38. The second kappa shape index (κ2) is 7.58. The first-order valence-corrected chi connectivity index (χ1v) is 8.82. The number of nitriles is 1. The van der Waals surface area contributed by atoms with Crippen LogP contribution in [0.4, 0.5) is 0 Å². The minimum absolute atomic E-state index is 0.0157. The Labute approximate surface area is 128 Å². The predicted molar refractivity (Wildman–Crippen MR) is 85.0 cm³/mol. The molecule has 0 aliphatic carbocycles. The molecule has 0 unspecified atom stereocenters. The van der Waals surface area contributed by atoms with E-state index >= 15 is 0 Å². The van der Waals surface area contributed by atoms with Crippen LogP contribution < -0.4 is 0 Å². The summed E-state index contributed by atoms with van der Waals surface area (Å²) >= 11 is 0. The average molecular weight is 308 g/mol. The molecule has 0 aliphatic rings. The highest BCUT2D eigenvalue weighted by atomic mass is 32.2. The number of hydrogen-bond acceptors (Lipinski definition) is 3. The van der Waals surface area contributed by atoms with E-state index in [-0.39, 0.29) is 5.75 Å². The summed E-state index contributed by atoms with van der Waals surface area (Å²) in [6.07, 6.45) is 0. The highest BCUT2D eigenvalue weighted by molar-refractivity contribution is 7.88. The van der Waals surface area contributed by atoms with Crippen LogP contribution in [0.25, 0.3) is 0 Å². The van der Waals surface area contributed by atoms with E-state index < -0.39 is 10.0 Å². The molecular weight excluding hydrogens is 284 g/mol. The second-order valence-electron chi connectivity index (χ2n) is 6.17. The molecule has 0 saturated carbocycles. The van der Waals surface area contributed by atoms with E-state index in [1.54, 1.807) is 28.6 Å². The van der Waals surface area contributed by atoms with Crippen molar-refractivity contribution in [3.8, 4) is 6.07 Å². The van der Waals surface area contributed by atoms with Gasteiger partial charge < -0.3 is 0 Å². The minimum atomic E-state index is -3.33. The zero-order valence-corrected chi connectivity index (χ0v) is 14.0. The van der Waals surface area contributed by atoms with Crippen molar-refractivity contribution in [1.82, 2.24) is 4.31 Å². The largest absolute Gasteiger partial charge is 0.218 e. The first kappa shape index (κ1) is 17.7. The fourth-order valence-electron chi connectivity index (χ4n) is 2.09. The van der Waals surface area contributed by atoms with E-state index in [9.17, 15) is 8.42 Å². The Morgan fingerprint density at radius 3 is 1.90 bits per heavy atom. The second-order valence-corrected chi connectivity index (χ2v) is 8.14. The van der Waals surface area contributed by atoms with Gasteiger partial charge in [0, 0.05) is 13.1 Å². The normalized spacial score (nSPS) is 12.1. The molecule has 1 aromatic carbocycles. The molecule has 0 N–H and O–H groups in total. The zero-order chi connectivity index (χ0) is 16.0. The van der Waals surface area contributed by atoms with Crippen LogP contribution in [-0.2, 0) is 15.8 Å². The first-order chi connectivity index (χ1) is 9.74. The maximum Gasteiger partial charge on any atom is 0.218 e. The molecule has 1 aromatic rings. The van der Waals surface area contributed by atoms with E-state index in [1.807, 2.05) is 33.8 Å². The molecule has 4 nitrogen and oxygen atoms in total. The predicted octanol–water partition coefficient (Wildman–Crippen LogP) is 3.00. The van der Waals surface area contributed by atoms with Crippen molar-refractivity contribution < 1.29 is 8.42 Å². The van der Waals surface area contributed by atoms with Gasteiger partial charge in [-0.05, 0) is 29.5 Å². The summed E-state index contributed by atoms with van der Waals surface area (Å²) in [7, 11) is -3.33. The SMILES string of the molecule is CC(C)CN(CC(C)C)S(=O)(=O)Cc1ccc(C#N)cc1. The fraction of sp³-hybridized carbons (Fsp3) is 0.562. The van der Waals surface area contributed by atoms with Gasteiger partial charge in [-0.3, -0.25) is 0 Å². The molecule has 0 fully saturated rings. The third kappa shape index (κ3) is 5.86. The third-order valence-corrected chi connectivity index (χ3v) is 4.75. The Balaban J connectivity index is 2.91. The van der Waals surface area contributed by atoms with Gasteiger partial charge in [-0.15, -0.1) is 0 Å². The number of sulfonamides is 1. The molecule has 0 saturated heterocycles. The van der Waals surface area contributed by atoms with E-state index in [0.717, 1.165) is 0 Å². The minimum Gasteiger partial charge on any atom is -0.212 e. The van der Waals surface area contributed by atoms with Gasteiger partial charge in [0.25, 0.3) is 0 Å². The fourth-order valence-corrected chi connectivity index (χ4v) is 3.94. The van der Waals surface area contributed by atoms with Crippen LogP contribution in [0.5, 0.6) is 0 Å². The van der Waals surface area contributed by atoms with Crippen LogP contribution in [0.3, 0.4) is 0 Å². The molecule has 0 radical (unpaired) electrons. The number of nitrogens with zero attached hydrogens (tertiary/aromatic N) is 2. The van der Waals surface area contributed by atoms with Crippen molar-refractivity contribution in [2.24, 2.45) is 11.8 Å². The van der Waals surface area contributed by atoms with Crippen LogP contribution in [0.2, 0.25) is 0 Å². The molecule has 0 spiro atoms. The Morgan fingerprint density at radius 2 is 1.52 bits per heavy atom. The number of hydrogen-bond donors (Lipinski definition) is 0. The molecule has 0 bridgehead atoms. The van der Waals surface area contributed by atoms with E-state index in [4.69, 9.17) is 5.26 Å². The lowest BCUT2D eigenvalue weighted by Gasteiger charge is -2.25. The van der Waals surface area contributed by atoms with E-state index in [1.165, 1.54) is 0 Å². The standard InChI is InChI=1S/C16H24N2O2S/c1-13(2)10-18(11-14(3)4)21(19,20)12-16-7-5-15(9-17)6-8-16/h5-8,13-14H,10-12H2,1-4H3. The molecule has 21 heavy (non-hydrogen) atoms. The smallest absolute Gasteiger partial charge is 0.212 e. The van der Waals surface area contributed by atoms with E-state index in [2.05, 4.69) is 0 Å². The summed E-state index contributed by atoms with van der Waals surface area (Å²) in [5, 5.41) is 8.77. The Hall–Kier alpha value is -1.38. The van der Waals surface area contributed by atoms with Gasteiger partial charge >= 0.3 is 0 Å². The highest BCUT2D eigenvalue weighted by Gasteiger charge is 2.24. The maximum absolute atomic E-state index is 12.6. The number of rotatable bonds is 7. The molecule has 0 aromatic heterocycles. The highest BCUT2D eigenvalue weighted by Crippen LogP contribution is 2.15. The van der Waals surface area contributed by atoms with Gasteiger partial charge in [0.05, 0.1) is 17.4 Å². The van der Waals surface area contributed by atoms with Crippen molar-refractivity contribution in [3.63, 3.8) is 0 Å². The van der Waals surface area contributed by atoms with Crippen molar-refractivity contribution in [3.05, 3.63) is 35.4 Å². The van der Waals surface area contributed by atoms with Crippen LogP contribution in [0.15, 0.2) is 24.3 Å². The molecule has 0 atom stereocenters. The molecule has 1 rings (SSSR count). The van der Waals surface area contributed by atoms with Crippen molar-refractivity contribution in [2.75, 3.05) is 13.1 Å². The Bertz CT molecular complexity index is 574. The lowest BCUT2D eigenvalue weighted by Crippen LogP contribution is -2.37. The molecule has 0 amide bonds. The maximum atomic E-state index is 12.6. The third-order valence-electron chi connectivity index (χ3n) is 2.96. The summed E-state index contributed by atoms with van der Waals surface area (Å²) in [6.45, 7) is 9.15.